The number of thiophene rings is 1. The highest BCUT2D eigenvalue weighted by atomic mass is 32.1. The Kier molecular flexibility index (Phi) is 6.64. The lowest BCUT2D eigenvalue weighted by atomic mass is 9.96. The van der Waals surface area contributed by atoms with E-state index in [4.69, 9.17) is 15.0 Å². The molecule has 10 aromatic rings. The summed E-state index contributed by atoms with van der Waals surface area (Å²) in [6, 6.07) is 59.5. The number of hydrogen-bond donors (Lipinski definition) is 0. The number of para-hydroxylation sites is 2. The van der Waals surface area contributed by atoms with Gasteiger partial charge in [-0.3, -0.25) is 0 Å². The average molecular weight is 657 g/mol. The van der Waals surface area contributed by atoms with Crippen LogP contribution in [0.15, 0.2) is 170 Å². The summed E-state index contributed by atoms with van der Waals surface area (Å²) in [5, 5.41) is 4.91. The van der Waals surface area contributed by atoms with Crippen LogP contribution in [0.5, 0.6) is 0 Å². The Morgan fingerprint density at radius 2 is 0.940 bits per heavy atom. The van der Waals surface area contributed by atoms with Crippen molar-refractivity contribution in [3.8, 4) is 51.0 Å². The molecule has 3 heterocycles. The van der Waals surface area contributed by atoms with Gasteiger partial charge >= 0.3 is 0 Å². The van der Waals surface area contributed by atoms with Crippen LogP contribution >= 0.6 is 11.3 Å². The largest absolute Gasteiger partial charge is 0.308 e. The highest BCUT2D eigenvalue weighted by Gasteiger charge is 2.23. The molecule has 0 unspecified atom stereocenters. The molecular formula is C45H28N4S. The van der Waals surface area contributed by atoms with Crippen LogP contribution in [0.4, 0.5) is 0 Å². The number of nitrogens with zero attached hydrogens (tertiary/aromatic N) is 4. The lowest BCUT2D eigenvalue weighted by Gasteiger charge is -2.11. The summed E-state index contributed by atoms with van der Waals surface area (Å²) in [6.45, 7) is 0. The topological polar surface area (TPSA) is 43.6 Å². The van der Waals surface area contributed by atoms with E-state index in [2.05, 4.69) is 138 Å². The van der Waals surface area contributed by atoms with Gasteiger partial charge in [0.25, 0.3) is 0 Å². The first-order valence-corrected chi connectivity index (χ1v) is 17.5. The summed E-state index contributed by atoms with van der Waals surface area (Å²) in [5.41, 5.74) is 8.87. The molecule has 10 rings (SSSR count). The van der Waals surface area contributed by atoms with Gasteiger partial charge in [0.2, 0.25) is 0 Å². The van der Waals surface area contributed by atoms with Gasteiger partial charge in [0, 0.05) is 48.6 Å². The molecule has 0 aliphatic rings. The summed E-state index contributed by atoms with van der Waals surface area (Å²) in [4.78, 5) is 15.2. The van der Waals surface area contributed by atoms with E-state index < -0.39 is 0 Å². The minimum absolute atomic E-state index is 0.657. The molecule has 0 fully saturated rings. The monoisotopic (exact) mass is 656 g/mol. The number of benzene rings is 7. The fourth-order valence-electron chi connectivity index (χ4n) is 7.20. The third-order valence-electron chi connectivity index (χ3n) is 9.44. The van der Waals surface area contributed by atoms with Crippen molar-refractivity contribution in [1.29, 1.82) is 0 Å². The third-order valence-corrected chi connectivity index (χ3v) is 10.7. The second-order valence-corrected chi connectivity index (χ2v) is 13.4. The Hall–Kier alpha value is -6.43. The van der Waals surface area contributed by atoms with Crippen molar-refractivity contribution in [1.82, 2.24) is 19.5 Å². The third kappa shape index (κ3) is 4.55. The van der Waals surface area contributed by atoms with E-state index in [1.165, 1.54) is 48.4 Å². The van der Waals surface area contributed by atoms with Crippen molar-refractivity contribution >= 4 is 53.3 Å². The molecule has 0 aliphatic carbocycles. The first-order valence-electron chi connectivity index (χ1n) is 16.7. The number of hydrogen-bond acceptors (Lipinski definition) is 4. The molecule has 0 spiro atoms. The van der Waals surface area contributed by atoms with E-state index in [9.17, 15) is 0 Å². The number of rotatable bonds is 5. The van der Waals surface area contributed by atoms with E-state index in [1.54, 1.807) is 0 Å². The molecule has 3 aromatic heterocycles. The van der Waals surface area contributed by atoms with Crippen LogP contribution in [0.3, 0.4) is 0 Å². The molecule has 50 heavy (non-hydrogen) atoms. The van der Waals surface area contributed by atoms with Gasteiger partial charge in [-0.15, -0.1) is 11.3 Å². The molecule has 0 saturated heterocycles. The van der Waals surface area contributed by atoms with Gasteiger partial charge < -0.3 is 4.57 Å². The quantitative estimate of drug-likeness (QED) is 0.185. The number of fused-ring (bicyclic) bond motifs is 7. The highest BCUT2D eigenvalue weighted by molar-refractivity contribution is 7.27. The maximum absolute atomic E-state index is 5.14. The molecule has 0 amide bonds. The van der Waals surface area contributed by atoms with Gasteiger partial charge in [-0.25, -0.2) is 15.0 Å². The SMILES string of the molecule is c1ccc(-c2nc(-c3ccccc3)nc(-c3cccc4c3sc3c4c(-c4ccccc4)cc4c5ccccc5n(-c5ccccc5)c43)n2)cc1. The normalized spacial score (nSPS) is 11.6. The van der Waals surface area contributed by atoms with Crippen molar-refractivity contribution < 1.29 is 0 Å². The summed E-state index contributed by atoms with van der Waals surface area (Å²) in [7, 11) is 0. The molecular weight excluding hydrogens is 629 g/mol. The zero-order valence-corrected chi connectivity index (χ0v) is 27.7. The highest BCUT2D eigenvalue weighted by Crippen LogP contribution is 2.49. The lowest BCUT2D eigenvalue weighted by molar-refractivity contribution is 1.08. The van der Waals surface area contributed by atoms with E-state index >= 15 is 0 Å². The number of aromatic nitrogens is 4. The predicted molar refractivity (Wildman–Crippen MR) is 209 cm³/mol. The van der Waals surface area contributed by atoms with Crippen molar-refractivity contribution in [3.05, 3.63) is 170 Å². The maximum atomic E-state index is 5.14. The molecule has 0 saturated carbocycles. The van der Waals surface area contributed by atoms with Crippen molar-refractivity contribution in [2.45, 2.75) is 0 Å². The summed E-state index contributed by atoms with van der Waals surface area (Å²) >= 11 is 1.83. The fourth-order valence-corrected chi connectivity index (χ4v) is 8.57. The molecule has 0 N–H and O–H groups in total. The van der Waals surface area contributed by atoms with Crippen LogP contribution in [0.2, 0.25) is 0 Å². The Morgan fingerprint density at radius 1 is 0.400 bits per heavy atom. The van der Waals surface area contributed by atoms with Crippen molar-refractivity contribution in [3.63, 3.8) is 0 Å². The molecule has 4 nitrogen and oxygen atoms in total. The van der Waals surface area contributed by atoms with Crippen LogP contribution in [0.25, 0.3) is 93.0 Å². The molecule has 7 aromatic carbocycles. The Balaban J connectivity index is 1.34. The Morgan fingerprint density at radius 3 is 1.60 bits per heavy atom. The van der Waals surface area contributed by atoms with Gasteiger partial charge in [-0.1, -0.05) is 140 Å². The van der Waals surface area contributed by atoms with E-state index in [1.807, 2.05) is 47.7 Å². The van der Waals surface area contributed by atoms with Gasteiger partial charge in [0.05, 0.1) is 15.7 Å². The minimum Gasteiger partial charge on any atom is -0.308 e. The molecule has 0 aliphatic heterocycles. The molecule has 234 valence electrons. The van der Waals surface area contributed by atoms with Crippen LogP contribution in [0, 0.1) is 0 Å². The first-order chi connectivity index (χ1) is 24.8. The zero-order chi connectivity index (χ0) is 33.0. The molecule has 0 radical (unpaired) electrons. The zero-order valence-electron chi connectivity index (χ0n) is 26.9. The van der Waals surface area contributed by atoms with Gasteiger partial charge in [-0.05, 0) is 41.5 Å². The van der Waals surface area contributed by atoms with Gasteiger partial charge in [-0.2, -0.15) is 0 Å². The fraction of sp³-hybridized carbons (Fsp3) is 0. The molecule has 0 bridgehead atoms. The van der Waals surface area contributed by atoms with Crippen LogP contribution in [-0.4, -0.2) is 19.5 Å². The Labute approximate surface area is 292 Å². The maximum Gasteiger partial charge on any atom is 0.165 e. The van der Waals surface area contributed by atoms with Gasteiger partial charge in [0.1, 0.15) is 0 Å². The van der Waals surface area contributed by atoms with Gasteiger partial charge in [0.15, 0.2) is 17.5 Å². The standard InChI is InChI=1S/C45H28N4S/c1-5-16-29(17-6-1)36-28-37-33-24-13-14-27-38(33)49(32-22-11-4-12-23-32)40(37)42-39(36)34-25-15-26-35(41(34)50-42)45-47-43(30-18-7-2-8-19-30)46-44(48-45)31-20-9-3-10-21-31/h1-28H. The predicted octanol–water partition coefficient (Wildman–Crippen LogP) is 12.0. The summed E-state index contributed by atoms with van der Waals surface area (Å²) in [5.74, 6) is 1.98. The smallest absolute Gasteiger partial charge is 0.165 e. The lowest BCUT2D eigenvalue weighted by Crippen LogP contribution is -2.00. The average Bonchev–Trinajstić information content (AvgIpc) is 3.75. The van der Waals surface area contributed by atoms with E-state index in [0.29, 0.717) is 17.5 Å². The first kappa shape index (κ1) is 28.6. The van der Waals surface area contributed by atoms with Crippen molar-refractivity contribution in [2.75, 3.05) is 0 Å². The van der Waals surface area contributed by atoms with Crippen molar-refractivity contribution in [2.24, 2.45) is 0 Å². The summed E-state index contributed by atoms with van der Waals surface area (Å²) < 4.78 is 4.83. The summed E-state index contributed by atoms with van der Waals surface area (Å²) in [6.07, 6.45) is 0. The molecule has 0 atom stereocenters. The van der Waals surface area contributed by atoms with Crippen LogP contribution < -0.4 is 0 Å². The van der Waals surface area contributed by atoms with E-state index in [-0.39, 0.29) is 0 Å². The van der Waals surface area contributed by atoms with Crippen LogP contribution in [0.1, 0.15) is 0 Å². The minimum atomic E-state index is 0.657. The van der Waals surface area contributed by atoms with Crippen LogP contribution in [-0.2, 0) is 0 Å². The Bertz CT molecular complexity index is 2780. The molecule has 5 heteroatoms. The second-order valence-electron chi connectivity index (χ2n) is 12.4. The second kappa shape index (κ2) is 11.6. The van der Waals surface area contributed by atoms with E-state index in [0.717, 1.165) is 27.1 Å².